The van der Waals surface area contributed by atoms with E-state index in [1.165, 1.54) is 31.1 Å². The van der Waals surface area contributed by atoms with Gasteiger partial charge in [-0.05, 0) is 19.9 Å². The quantitative estimate of drug-likeness (QED) is 0.159. The van der Waals surface area contributed by atoms with Crippen LogP contribution in [0.2, 0.25) is 0 Å². The van der Waals surface area contributed by atoms with Crippen LogP contribution in [-0.4, -0.2) is 61.1 Å². The van der Waals surface area contributed by atoms with Crippen molar-refractivity contribution in [1.82, 2.24) is 0 Å². The highest BCUT2D eigenvalue weighted by Crippen LogP contribution is 2.41. The molecule has 16 nitrogen and oxygen atoms in total. The number of nitrogens with zero attached hydrogens (tertiary/aromatic N) is 5. The molecule has 0 saturated heterocycles. The lowest BCUT2D eigenvalue weighted by Crippen LogP contribution is -2.36. The molecular formula is C23H25FN6O10. The van der Waals surface area contributed by atoms with Crippen LogP contribution >= 0.6 is 0 Å². The number of hydrogen-bond donors (Lipinski definition) is 1. The van der Waals surface area contributed by atoms with Gasteiger partial charge < -0.3 is 24.4 Å². The van der Waals surface area contributed by atoms with Gasteiger partial charge in [0.05, 0.1) is 47.6 Å². The number of esters is 2. The molecule has 0 unspecified atom stereocenters. The monoisotopic (exact) mass is 564 g/mol. The van der Waals surface area contributed by atoms with Crippen molar-refractivity contribution < 1.29 is 42.8 Å². The number of hydrogen-bond acceptors (Lipinski definition) is 13. The van der Waals surface area contributed by atoms with Crippen molar-refractivity contribution in [2.24, 2.45) is 10.2 Å². The summed E-state index contributed by atoms with van der Waals surface area (Å²) in [6, 6.07) is 3.42. The van der Waals surface area contributed by atoms with Gasteiger partial charge in [-0.2, -0.15) is 4.39 Å². The van der Waals surface area contributed by atoms with E-state index in [0.717, 1.165) is 0 Å². The van der Waals surface area contributed by atoms with Crippen LogP contribution in [0.4, 0.5) is 38.5 Å². The Morgan fingerprint density at radius 1 is 0.925 bits per heavy atom. The van der Waals surface area contributed by atoms with Gasteiger partial charge >= 0.3 is 23.3 Å². The molecule has 1 N–H and O–H groups in total. The molecule has 0 aliphatic heterocycles. The summed E-state index contributed by atoms with van der Waals surface area (Å²) in [7, 11) is 1.27. The van der Waals surface area contributed by atoms with Crippen LogP contribution in [0.15, 0.2) is 34.5 Å². The number of carbonyl (C=O) groups is 3. The highest BCUT2D eigenvalue weighted by molar-refractivity contribution is 5.94. The number of nitro groups is 2. The minimum atomic E-state index is -1.38. The molecule has 17 heteroatoms. The van der Waals surface area contributed by atoms with Crippen LogP contribution in [0.3, 0.4) is 0 Å². The molecule has 0 bridgehead atoms. The maximum atomic E-state index is 14.2. The van der Waals surface area contributed by atoms with Gasteiger partial charge in [0, 0.05) is 19.1 Å². The molecule has 0 fully saturated rings. The summed E-state index contributed by atoms with van der Waals surface area (Å²) in [4.78, 5) is 58.0. The number of rotatable bonds is 13. The molecule has 0 atom stereocenters. The predicted molar refractivity (Wildman–Crippen MR) is 137 cm³/mol. The van der Waals surface area contributed by atoms with E-state index in [2.05, 4.69) is 15.5 Å². The average Bonchev–Trinajstić information content (AvgIpc) is 2.86. The Kier molecular flexibility index (Phi) is 10.9. The third kappa shape index (κ3) is 8.14. The lowest BCUT2D eigenvalue weighted by molar-refractivity contribution is -0.395. The fourth-order valence-electron chi connectivity index (χ4n) is 3.31. The summed E-state index contributed by atoms with van der Waals surface area (Å²) in [5.74, 6) is -3.27. The van der Waals surface area contributed by atoms with Gasteiger partial charge in [0.2, 0.25) is 11.7 Å². The second-order valence-electron chi connectivity index (χ2n) is 7.70. The van der Waals surface area contributed by atoms with Crippen LogP contribution in [0.25, 0.3) is 0 Å². The fourth-order valence-corrected chi connectivity index (χ4v) is 3.31. The number of nitrogens with one attached hydrogen (secondary N) is 1. The zero-order chi connectivity index (χ0) is 30.0. The molecule has 0 spiro atoms. The molecule has 214 valence electrons. The second-order valence-corrected chi connectivity index (χ2v) is 7.70. The van der Waals surface area contributed by atoms with Gasteiger partial charge in [0.1, 0.15) is 24.5 Å². The Labute approximate surface area is 226 Å². The van der Waals surface area contributed by atoms with Crippen LogP contribution < -0.4 is 15.0 Å². The molecular weight excluding hydrogens is 539 g/mol. The molecule has 2 rings (SSSR count). The van der Waals surface area contributed by atoms with E-state index >= 15 is 0 Å². The highest BCUT2D eigenvalue weighted by Gasteiger charge is 2.26. The number of azo groups is 1. The van der Waals surface area contributed by atoms with Crippen molar-refractivity contribution in [2.45, 2.75) is 20.8 Å². The molecule has 40 heavy (non-hydrogen) atoms. The Bertz CT molecular complexity index is 1330. The first-order chi connectivity index (χ1) is 18.9. The van der Waals surface area contributed by atoms with Crippen LogP contribution in [0.5, 0.6) is 5.75 Å². The Balaban J connectivity index is 2.67. The third-order valence-corrected chi connectivity index (χ3v) is 4.90. The van der Waals surface area contributed by atoms with Crippen molar-refractivity contribution >= 4 is 52.0 Å². The minimum Gasteiger partial charge on any atom is -0.494 e. The fraction of sp³-hybridized carbons (Fsp3) is 0.348. The summed E-state index contributed by atoms with van der Waals surface area (Å²) in [6.45, 7) is 3.73. The lowest BCUT2D eigenvalue weighted by Gasteiger charge is -2.25. The molecule has 0 heterocycles. The van der Waals surface area contributed by atoms with Gasteiger partial charge in [-0.3, -0.25) is 34.6 Å². The minimum absolute atomic E-state index is 0.0287. The van der Waals surface area contributed by atoms with Crippen molar-refractivity contribution in [3.05, 3.63) is 50.3 Å². The van der Waals surface area contributed by atoms with E-state index in [4.69, 9.17) is 14.2 Å². The van der Waals surface area contributed by atoms with Gasteiger partial charge in [-0.1, -0.05) is 0 Å². The first-order valence-corrected chi connectivity index (χ1v) is 11.5. The molecule has 0 aliphatic carbocycles. The van der Waals surface area contributed by atoms with Crippen molar-refractivity contribution in [3.8, 4) is 5.75 Å². The zero-order valence-electron chi connectivity index (χ0n) is 21.8. The molecule has 0 aliphatic rings. The number of benzene rings is 2. The summed E-state index contributed by atoms with van der Waals surface area (Å²) in [5.41, 5.74) is -2.68. The lowest BCUT2D eigenvalue weighted by atomic mass is 10.2. The van der Waals surface area contributed by atoms with Crippen LogP contribution in [0.1, 0.15) is 20.8 Å². The number of anilines is 2. The first-order valence-electron chi connectivity index (χ1n) is 11.5. The van der Waals surface area contributed by atoms with Crippen molar-refractivity contribution in [2.75, 3.05) is 43.6 Å². The summed E-state index contributed by atoms with van der Waals surface area (Å²) in [6.07, 6.45) is 0. The largest absolute Gasteiger partial charge is 0.494 e. The third-order valence-electron chi connectivity index (χ3n) is 4.90. The van der Waals surface area contributed by atoms with Crippen LogP contribution in [0, 0.1) is 26.0 Å². The SMILES string of the molecule is CCOC(=O)CN(CC(=O)OCC)c1cc(NC(C)=O)c(/N=N/c2cc(F)c([N+](=O)[O-])cc2[N+](=O)[O-])cc1OC. The van der Waals surface area contributed by atoms with Gasteiger partial charge in [-0.15, -0.1) is 10.2 Å². The number of methoxy groups -OCH3 is 1. The highest BCUT2D eigenvalue weighted by atomic mass is 19.1. The zero-order valence-corrected chi connectivity index (χ0v) is 21.8. The smallest absolute Gasteiger partial charge is 0.325 e. The predicted octanol–water partition coefficient (Wildman–Crippen LogP) is 3.96. The van der Waals surface area contributed by atoms with E-state index in [0.29, 0.717) is 12.1 Å². The standard InChI is InChI=1S/C23H25FN6O10/c1-5-39-22(32)11-28(12-23(33)40-6-2)20-8-15(25-13(3)31)16(9-21(20)38-4)26-27-17-7-14(24)18(29(34)35)10-19(17)30(36)37/h7-10H,5-6,11-12H2,1-4H3,(H,25,31)/b27-26+. The van der Waals surface area contributed by atoms with Gasteiger partial charge in [0.25, 0.3) is 0 Å². The summed E-state index contributed by atoms with van der Waals surface area (Å²) < 4.78 is 29.5. The molecule has 0 saturated carbocycles. The number of halogens is 1. The van der Waals surface area contributed by atoms with Gasteiger partial charge in [0.15, 0.2) is 5.69 Å². The van der Waals surface area contributed by atoms with Crippen molar-refractivity contribution in [3.63, 3.8) is 0 Å². The first kappa shape index (κ1) is 31.0. The summed E-state index contributed by atoms with van der Waals surface area (Å²) >= 11 is 0. The van der Waals surface area contributed by atoms with E-state index in [9.17, 15) is 39.0 Å². The average molecular weight is 564 g/mol. The Hall–Kier alpha value is -5.22. The topological polar surface area (TPSA) is 205 Å². The molecule has 1 amide bonds. The Morgan fingerprint density at radius 2 is 1.48 bits per heavy atom. The molecule has 2 aromatic carbocycles. The number of carbonyl (C=O) groups excluding carboxylic acids is 3. The van der Waals surface area contributed by atoms with Crippen LogP contribution in [-0.2, 0) is 23.9 Å². The van der Waals surface area contributed by atoms with E-state index in [1.807, 2.05) is 0 Å². The molecule has 0 aromatic heterocycles. The molecule has 0 radical (unpaired) electrons. The van der Waals surface area contributed by atoms with Crippen molar-refractivity contribution in [1.29, 1.82) is 0 Å². The molecule has 2 aromatic rings. The Morgan fingerprint density at radius 3 is 1.95 bits per heavy atom. The summed E-state index contributed by atoms with van der Waals surface area (Å²) in [5, 5.41) is 32.4. The second kappa shape index (κ2) is 14.1. The number of nitro benzene ring substituents is 2. The maximum absolute atomic E-state index is 14.2. The number of ether oxygens (including phenoxy) is 3. The van der Waals surface area contributed by atoms with E-state index in [1.54, 1.807) is 13.8 Å². The van der Waals surface area contributed by atoms with E-state index in [-0.39, 0.29) is 36.0 Å². The van der Waals surface area contributed by atoms with Gasteiger partial charge in [-0.25, -0.2) is 0 Å². The normalized spacial score (nSPS) is 10.6. The number of amides is 1. The van der Waals surface area contributed by atoms with E-state index < -0.39 is 63.7 Å². The maximum Gasteiger partial charge on any atom is 0.325 e.